The van der Waals surface area contributed by atoms with E-state index in [2.05, 4.69) is 9.71 Å². The van der Waals surface area contributed by atoms with E-state index in [1.54, 1.807) is 18.3 Å². The fourth-order valence-corrected chi connectivity index (χ4v) is 5.04. The van der Waals surface area contributed by atoms with Gasteiger partial charge < -0.3 is 9.64 Å². The van der Waals surface area contributed by atoms with Crippen LogP contribution < -0.4 is 4.72 Å². The topological polar surface area (TPSA) is 88.6 Å². The third-order valence-electron chi connectivity index (χ3n) is 5.06. The number of likely N-dealkylation sites (tertiary alicyclic amines) is 1. The second-order valence-corrected chi connectivity index (χ2v) is 8.95. The Labute approximate surface area is 155 Å². The normalized spacial score (nSPS) is 22.3. The van der Waals surface area contributed by atoms with Gasteiger partial charge in [-0.15, -0.1) is 0 Å². The molecule has 2 saturated heterocycles. The summed E-state index contributed by atoms with van der Waals surface area (Å²) >= 11 is 0. The van der Waals surface area contributed by atoms with E-state index in [0.29, 0.717) is 25.5 Å². The quantitative estimate of drug-likeness (QED) is 0.799. The van der Waals surface area contributed by atoms with E-state index in [0.717, 1.165) is 32.2 Å². The summed E-state index contributed by atoms with van der Waals surface area (Å²) in [6.07, 6.45) is 4.87. The van der Waals surface area contributed by atoms with Crippen molar-refractivity contribution in [1.29, 1.82) is 0 Å². The molecule has 0 aliphatic carbocycles. The van der Waals surface area contributed by atoms with Crippen molar-refractivity contribution in [1.82, 2.24) is 14.6 Å². The number of sulfonamides is 1. The minimum atomic E-state index is -3.40. The molecule has 0 unspecified atom stereocenters. The van der Waals surface area contributed by atoms with E-state index in [1.807, 2.05) is 11.0 Å². The summed E-state index contributed by atoms with van der Waals surface area (Å²) in [5, 5.41) is 0. The number of nitrogens with zero attached hydrogens (tertiary/aromatic N) is 2. The highest BCUT2D eigenvalue weighted by molar-refractivity contribution is 7.89. The fraction of sp³-hybridized carbons (Fsp3) is 0.667. The van der Waals surface area contributed by atoms with Crippen molar-refractivity contribution in [3.05, 3.63) is 30.1 Å². The maximum Gasteiger partial charge on any atom is 0.225 e. The third kappa shape index (κ3) is 5.49. The van der Waals surface area contributed by atoms with E-state index in [9.17, 15) is 13.2 Å². The summed E-state index contributed by atoms with van der Waals surface area (Å²) in [5.74, 6) is 0.226. The van der Waals surface area contributed by atoms with Gasteiger partial charge in [0, 0.05) is 38.4 Å². The van der Waals surface area contributed by atoms with Crippen LogP contribution >= 0.6 is 0 Å². The van der Waals surface area contributed by atoms with Crippen LogP contribution in [0.25, 0.3) is 0 Å². The summed E-state index contributed by atoms with van der Waals surface area (Å²) < 4.78 is 32.7. The molecule has 0 saturated carbocycles. The molecule has 3 rings (SSSR count). The molecule has 2 aliphatic heterocycles. The van der Waals surface area contributed by atoms with Gasteiger partial charge in [-0.05, 0) is 43.7 Å². The molecule has 0 radical (unpaired) electrons. The number of nitrogens with one attached hydrogen (secondary N) is 1. The number of amides is 1. The van der Waals surface area contributed by atoms with Crippen molar-refractivity contribution < 1.29 is 17.9 Å². The van der Waals surface area contributed by atoms with Crippen LogP contribution in [0.2, 0.25) is 0 Å². The van der Waals surface area contributed by atoms with Crippen LogP contribution in [0.4, 0.5) is 0 Å². The Morgan fingerprint density at radius 2 is 2.08 bits per heavy atom. The standard InChI is InChI=1S/C18H27N3O4S/c22-18(16-6-10-25-11-7-16)21-9-3-4-15(13-21)14-26(23,24)20-12-17-5-1-2-8-19-17/h1-2,5,8,15-16,20H,3-4,6-7,9-14H2/t15-/m1/s1. The molecule has 8 heteroatoms. The van der Waals surface area contributed by atoms with Crippen LogP contribution in [0.5, 0.6) is 0 Å². The first-order valence-electron chi connectivity index (χ1n) is 9.27. The second kappa shape index (κ2) is 8.92. The minimum Gasteiger partial charge on any atom is -0.381 e. The third-order valence-corrected chi connectivity index (χ3v) is 6.55. The molecular formula is C18H27N3O4S. The fourth-order valence-electron chi connectivity index (χ4n) is 3.66. The average molecular weight is 381 g/mol. The van der Waals surface area contributed by atoms with E-state index >= 15 is 0 Å². The SMILES string of the molecule is O=C(C1CCOCC1)N1CCC[C@@H](CS(=O)(=O)NCc2ccccn2)C1. The van der Waals surface area contributed by atoms with Crippen LogP contribution in [-0.2, 0) is 26.1 Å². The predicted molar refractivity (Wildman–Crippen MR) is 97.7 cm³/mol. The summed E-state index contributed by atoms with van der Waals surface area (Å²) in [7, 11) is -3.40. The molecule has 26 heavy (non-hydrogen) atoms. The highest BCUT2D eigenvalue weighted by Gasteiger charge is 2.31. The van der Waals surface area contributed by atoms with Gasteiger partial charge in [0.2, 0.25) is 15.9 Å². The van der Waals surface area contributed by atoms with Gasteiger partial charge in [-0.3, -0.25) is 9.78 Å². The van der Waals surface area contributed by atoms with Crippen molar-refractivity contribution in [3.8, 4) is 0 Å². The van der Waals surface area contributed by atoms with Crippen LogP contribution in [0, 0.1) is 11.8 Å². The number of carbonyl (C=O) groups is 1. The molecule has 1 aromatic heterocycles. The number of piperidine rings is 1. The number of carbonyl (C=O) groups excluding carboxylic acids is 1. The van der Waals surface area contributed by atoms with Gasteiger partial charge in [0.15, 0.2) is 0 Å². The predicted octanol–water partition coefficient (Wildman–Crippen LogP) is 1.17. The molecule has 7 nitrogen and oxygen atoms in total. The maximum atomic E-state index is 12.7. The van der Waals surface area contributed by atoms with Gasteiger partial charge in [-0.1, -0.05) is 6.07 Å². The first kappa shape index (κ1) is 19.3. The lowest BCUT2D eigenvalue weighted by Crippen LogP contribution is -2.46. The van der Waals surface area contributed by atoms with Crippen LogP contribution in [0.3, 0.4) is 0 Å². The Bertz CT molecular complexity index is 690. The Hall–Kier alpha value is -1.51. The van der Waals surface area contributed by atoms with Gasteiger partial charge >= 0.3 is 0 Å². The van der Waals surface area contributed by atoms with Crippen LogP contribution in [0.1, 0.15) is 31.4 Å². The number of pyridine rings is 1. The van der Waals surface area contributed by atoms with E-state index in [4.69, 9.17) is 4.74 Å². The van der Waals surface area contributed by atoms with Crippen LogP contribution in [0.15, 0.2) is 24.4 Å². The molecule has 1 amide bonds. The zero-order valence-electron chi connectivity index (χ0n) is 15.0. The van der Waals surface area contributed by atoms with E-state index < -0.39 is 10.0 Å². The Kier molecular flexibility index (Phi) is 6.61. The molecule has 3 heterocycles. The zero-order valence-corrected chi connectivity index (χ0v) is 15.8. The summed E-state index contributed by atoms with van der Waals surface area (Å²) in [4.78, 5) is 18.7. The number of hydrogen-bond donors (Lipinski definition) is 1. The monoisotopic (exact) mass is 381 g/mol. The summed E-state index contributed by atoms with van der Waals surface area (Å²) in [5.41, 5.74) is 0.691. The molecule has 1 atom stereocenters. The lowest BCUT2D eigenvalue weighted by molar-refractivity contribution is -0.140. The van der Waals surface area contributed by atoms with Crippen molar-refractivity contribution >= 4 is 15.9 Å². The number of hydrogen-bond acceptors (Lipinski definition) is 5. The van der Waals surface area contributed by atoms with Crippen molar-refractivity contribution in [3.63, 3.8) is 0 Å². The first-order chi connectivity index (χ1) is 12.5. The lowest BCUT2D eigenvalue weighted by Gasteiger charge is -2.35. The molecule has 2 fully saturated rings. The Balaban J connectivity index is 1.51. The van der Waals surface area contributed by atoms with Gasteiger partial charge in [0.05, 0.1) is 18.0 Å². The highest BCUT2D eigenvalue weighted by Crippen LogP contribution is 2.23. The van der Waals surface area contributed by atoms with Gasteiger partial charge in [-0.25, -0.2) is 13.1 Å². The molecule has 1 aromatic rings. The zero-order chi connectivity index (χ0) is 18.4. The maximum absolute atomic E-state index is 12.7. The Morgan fingerprint density at radius 1 is 1.27 bits per heavy atom. The minimum absolute atomic E-state index is 0.0197. The smallest absolute Gasteiger partial charge is 0.225 e. The van der Waals surface area contributed by atoms with Gasteiger partial charge in [0.1, 0.15) is 0 Å². The molecule has 0 bridgehead atoms. The van der Waals surface area contributed by atoms with Crippen molar-refractivity contribution in [2.24, 2.45) is 11.8 Å². The van der Waals surface area contributed by atoms with Crippen molar-refractivity contribution in [2.75, 3.05) is 32.1 Å². The number of aromatic nitrogens is 1. The van der Waals surface area contributed by atoms with Crippen LogP contribution in [-0.4, -0.2) is 56.3 Å². The average Bonchev–Trinajstić information content (AvgIpc) is 2.67. The number of rotatable bonds is 6. The van der Waals surface area contributed by atoms with Crippen molar-refractivity contribution in [2.45, 2.75) is 32.2 Å². The van der Waals surface area contributed by atoms with E-state index in [1.165, 1.54) is 0 Å². The molecular weight excluding hydrogens is 354 g/mol. The number of ether oxygens (including phenoxy) is 1. The molecule has 0 aromatic carbocycles. The summed E-state index contributed by atoms with van der Waals surface area (Å²) in [6, 6.07) is 5.42. The van der Waals surface area contributed by atoms with E-state index in [-0.39, 0.29) is 30.0 Å². The molecule has 144 valence electrons. The second-order valence-electron chi connectivity index (χ2n) is 7.10. The first-order valence-corrected chi connectivity index (χ1v) is 10.9. The van der Waals surface area contributed by atoms with Gasteiger partial charge in [-0.2, -0.15) is 0 Å². The molecule has 1 N–H and O–H groups in total. The highest BCUT2D eigenvalue weighted by atomic mass is 32.2. The molecule has 2 aliphatic rings. The van der Waals surface area contributed by atoms with Gasteiger partial charge in [0.25, 0.3) is 0 Å². The lowest BCUT2D eigenvalue weighted by atomic mass is 9.95. The Morgan fingerprint density at radius 3 is 2.81 bits per heavy atom. The largest absolute Gasteiger partial charge is 0.381 e. The summed E-state index contributed by atoms with van der Waals surface area (Å²) in [6.45, 7) is 2.73. The molecule has 0 spiro atoms.